The maximum absolute atomic E-state index is 12.8. The van der Waals surface area contributed by atoms with Crippen LogP contribution in [0.2, 0.25) is 0 Å². The van der Waals surface area contributed by atoms with Crippen LogP contribution in [0.4, 0.5) is 5.69 Å². The van der Waals surface area contributed by atoms with E-state index in [2.05, 4.69) is 27.4 Å². The molecule has 5 heteroatoms. The average Bonchev–Trinajstić information content (AvgIpc) is 3.15. The van der Waals surface area contributed by atoms with Gasteiger partial charge in [-0.1, -0.05) is 15.9 Å². The molecule has 0 saturated heterocycles. The number of benzene rings is 1. The van der Waals surface area contributed by atoms with Crippen LogP contribution >= 0.6 is 27.3 Å². The lowest BCUT2D eigenvalue weighted by Gasteiger charge is -2.23. The van der Waals surface area contributed by atoms with Crippen LogP contribution in [-0.2, 0) is 6.54 Å². The summed E-state index contributed by atoms with van der Waals surface area (Å²) in [5.41, 5.74) is 8.26. The Hall–Kier alpha value is -1.33. The van der Waals surface area contributed by atoms with Gasteiger partial charge in [-0.25, -0.2) is 0 Å². The van der Waals surface area contributed by atoms with Gasteiger partial charge in [0.05, 0.1) is 5.56 Å². The Morgan fingerprint density at radius 3 is 2.85 bits per heavy atom. The van der Waals surface area contributed by atoms with Crippen LogP contribution in [0.5, 0.6) is 0 Å². The number of nitrogen functional groups attached to an aromatic ring is 1. The van der Waals surface area contributed by atoms with Gasteiger partial charge in [0.2, 0.25) is 0 Å². The highest BCUT2D eigenvalue weighted by molar-refractivity contribution is 9.10. The van der Waals surface area contributed by atoms with Crippen LogP contribution in [0.3, 0.4) is 0 Å². The van der Waals surface area contributed by atoms with E-state index >= 15 is 0 Å². The second-order valence-corrected chi connectivity index (χ2v) is 6.72. The van der Waals surface area contributed by atoms with Crippen molar-refractivity contribution in [1.82, 2.24) is 4.90 Å². The van der Waals surface area contributed by atoms with Crippen molar-refractivity contribution >= 4 is 38.9 Å². The zero-order valence-corrected chi connectivity index (χ0v) is 13.3. The fourth-order valence-corrected chi connectivity index (χ4v) is 3.22. The number of thiophene rings is 1. The van der Waals surface area contributed by atoms with E-state index in [1.54, 1.807) is 23.5 Å². The topological polar surface area (TPSA) is 46.3 Å². The number of carbonyl (C=O) groups excluding carboxylic acids is 1. The van der Waals surface area contributed by atoms with Crippen molar-refractivity contribution in [3.8, 4) is 0 Å². The lowest BCUT2D eigenvalue weighted by atomic mass is 10.1. The number of rotatable bonds is 4. The molecule has 0 aliphatic heterocycles. The highest BCUT2D eigenvalue weighted by atomic mass is 79.9. The number of hydrogen-bond donors (Lipinski definition) is 1. The summed E-state index contributed by atoms with van der Waals surface area (Å²) in [6.45, 7) is 0.666. The molecular formula is C15H15BrN2OS. The molecule has 0 spiro atoms. The molecule has 1 fully saturated rings. The third-order valence-electron chi connectivity index (χ3n) is 3.43. The van der Waals surface area contributed by atoms with E-state index < -0.39 is 0 Å². The van der Waals surface area contributed by atoms with Gasteiger partial charge in [0, 0.05) is 22.7 Å². The third kappa shape index (κ3) is 2.88. The number of carbonyl (C=O) groups is 1. The smallest absolute Gasteiger partial charge is 0.256 e. The number of amides is 1. The van der Waals surface area contributed by atoms with Gasteiger partial charge in [-0.2, -0.15) is 11.3 Å². The second-order valence-electron chi connectivity index (χ2n) is 5.03. The summed E-state index contributed by atoms with van der Waals surface area (Å²) >= 11 is 5.06. The van der Waals surface area contributed by atoms with Crippen LogP contribution in [-0.4, -0.2) is 16.8 Å². The fourth-order valence-electron chi connectivity index (χ4n) is 2.20. The number of nitrogens with zero attached hydrogens (tertiary/aromatic N) is 1. The molecule has 1 aliphatic carbocycles. The molecule has 1 aliphatic rings. The average molecular weight is 351 g/mol. The molecule has 3 nitrogen and oxygen atoms in total. The Bertz CT molecular complexity index is 623. The number of nitrogens with two attached hydrogens (primary N) is 1. The Morgan fingerprint density at radius 2 is 2.20 bits per heavy atom. The monoisotopic (exact) mass is 350 g/mol. The predicted molar refractivity (Wildman–Crippen MR) is 85.8 cm³/mol. The zero-order chi connectivity index (χ0) is 14.1. The third-order valence-corrected chi connectivity index (χ3v) is 4.65. The van der Waals surface area contributed by atoms with Crippen molar-refractivity contribution in [2.24, 2.45) is 0 Å². The molecule has 3 rings (SSSR count). The lowest BCUT2D eigenvalue weighted by molar-refractivity contribution is 0.0731. The predicted octanol–water partition coefficient (Wildman–Crippen LogP) is 3.90. The molecule has 20 heavy (non-hydrogen) atoms. The minimum atomic E-state index is 0.0255. The first-order chi connectivity index (χ1) is 9.65. The van der Waals surface area contributed by atoms with Gasteiger partial charge in [0.1, 0.15) is 0 Å². The minimum absolute atomic E-state index is 0.0255. The van der Waals surface area contributed by atoms with E-state index in [1.807, 2.05) is 16.3 Å². The first-order valence-electron chi connectivity index (χ1n) is 6.52. The van der Waals surface area contributed by atoms with Crippen LogP contribution < -0.4 is 5.73 Å². The van der Waals surface area contributed by atoms with E-state index in [0.29, 0.717) is 23.8 Å². The number of anilines is 1. The van der Waals surface area contributed by atoms with Crippen molar-refractivity contribution in [1.29, 1.82) is 0 Å². The summed E-state index contributed by atoms with van der Waals surface area (Å²) in [6.07, 6.45) is 2.17. The molecule has 0 bridgehead atoms. The molecule has 2 N–H and O–H groups in total. The van der Waals surface area contributed by atoms with Crippen molar-refractivity contribution in [2.75, 3.05) is 5.73 Å². The zero-order valence-electron chi connectivity index (χ0n) is 10.9. The highest BCUT2D eigenvalue weighted by Crippen LogP contribution is 2.31. The SMILES string of the molecule is Nc1ccc(Br)cc1C(=O)N(Cc1ccsc1)C1CC1. The lowest BCUT2D eigenvalue weighted by Crippen LogP contribution is -2.33. The molecule has 0 radical (unpaired) electrons. The van der Waals surface area contributed by atoms with E-state index in [-0.39, 0.29) is 5.91 Å². The quantitative estimate of drug-likeness (QED) is 0.850. The van der Waals surface area contributed by atoms with E-state index in [4.69, 9.17) is 5.73 Å². The largest absolute Gasteiger partial charge is 0.398 e. The van der Waals surface area contributed by atoms with Crippen molar-refractivity contribution in [3.63, 3.8) is 0 Å². The normalized spacial score (nSPS) is 14.2. The van der Waals surface area contributed by atoms with Gasteiger partial charge in [-0.15, -0.1) is 0 Å². The Labute approximate surface area is 130 Å². The maximum Gasteiger partial charge on any atom is 0.256 e. The van der Waals surface area contributed by atoms with Crippen LogP contribution in [0.1, 0.15) is 28.8 Å². The summed E-state index contributed by atoms with van der Waals surface area (Å²) in [7, 11) is 0. The van der Waals surface area contributed by atoms with Crippen LogP contribution in [0.15, 0.2) is 39.5 Å². The molecule has 1 aromatic carbocycles. The standard InChI is InChI=1S/C15H15BrN2OS/c16-11-1-4-14(17)13(7-11)15(19)18(12-2-3-12)8-10-5-6-20-9-10/h1,4-7,9,12H,2-3,8,17H2. The summed E-state index contributed by atoms with van der Waals surface area (Å²) in [4.78, 5) is 14.7. The molecule has 1 saturated carbocycles. The Balaban J connectivity index is 1.87. The van der Waals surface area contributed by atoms with Crippen molar-refractivity contribution in [2.45, 2.75) is 25.4 Å². The summed E-state index contributed by atoms with van der Waals surface area (Å²) in [5.74, 6) is 0.0255. The van der Waals surface area contributed by atoms with E-state index in [9.17, 15) is 4.79 Å². The molecular weight excluding hydrogens is 336 g/mol. The molecule has 104 valence electrons. The molecule has 1 amide bonds. The maximum atomic E-state index is 12.8. The summed E-state index contributed by atoms with van der Waals surface area (Å²) < 4.78 is 0.876. The van der Waals surface area contributed by atoms with Gasteiger partial charge < -0.3 is 10.6 Å². The Kier molecular flexibility index (Phi) is 3.81. The van der Waals surface area contributed by atoms with Gasteiger partial charge >= 0.3 is 0 Å². The molecule has 0 unspecified atom stereocenters. The van der Waals surface area contributed by atoms with Crippen molar-refractivity contribution in [3.05, 3.63) is 50.6 Å². The fraction of sp³-hybridized carbons (Fsp3) is 0.267. The second kappa shape index (κ2) is 5.58. The number of halogens is 1. The van der Waals surface area contributed by atoms with Crippen LogP contribution in [0, 0.1) is 0 Å². The summed E-state index contributed by atoms with van der Waals surface area (Å²) in [5, 5.41) is 4.13. The first kappa shape index (κ1) is 13.6. The molecule has 2 aromatic rings. The van der Waals surface area contributed by atoms with Gasteiger partial charge in [0.15, 0.2) is 0 Å². The number of hydrogen-bond acceptors (Lipinski definition) is 3. The minimum Gasteiger partial charge on any atom is -0.398 e. The highest BCUT2D eigenvalue weighted by Gasteiger charge is 2.33. The molecule has 1 heterocycles. The van der Waals surface area contributed by atoms with Gasteiger partial charge in [0.25, 0.3) is 5.91 Å². The van der Waals surface area contributed by atoms with Crippen molar-refractivity contribution < 1.29 is 4.79 Å². The molecule has 1 aromatic heterocycles. The van der Waals surface area contributed by atoms with Gasteiger partial charge in [-0.05, 0) is 53.4 Å². The van der Waals surface area contributed by atoms with E-state index in [1.165, 1.54) is 5.56 Å². The van der Waals surface area contributed by atoms with Crippen LogP contribution in [0.25, 0.3) is 0 Å². The molecule has 0 atom stereocenters. The summed E-state index contributed by atoms with van der Waals surface area (Å²) in [6, 6.07) is 7.86. The first-order valence-corrected chi connectivity index (χ1v) is 8.26. The van der Waals surface area contributed by atoms with Gasteiger partial charge in [-0.3, -0.25) is 4.79 Å². The van der Waals surface area contributed by atoms with E-state index in [0.717, 1.165) is 17.3 Å². The Morgan fingerprint density at radius 1 is 1.40 bits per heavy atom.